The number of hydrogen-bond donors (Lipinski definition) is 3. The number of carbonyl (C=O) groups is 2. The van der Waals surface area contributed by atoms with Crippen LogP contribution in [0.4, 0.5) is 0 Å². The van der Waals surface area contributed by atoms with Crippen molar-refractivity contribution in [3.63, 3.8) is 0 Å². The van der Waals surface area contributed by atoms with Gasteiger partial charge in [0.2, 0.25) is 0 Å². The van der Waals surface area contributed by atoms with Gasteiger partial charge in [0.1, 0.15) is 5.75 Å². The summed E-state index contributed by atoms with van der Waals surface area (Å²) in [6.07, 6.45) is 0. The second kappa shape index (κ2) is 8.61. The molecule has 3 N–H and O–H groups in total. The molecule has 2 amide bonds. The van der Waals surface area contributed by atoms with Crippen molar-refractivity contribution in [2.24, 2.45) is 0 Å². The smallest absolute Gasteiger partial charge is 0.273 e. The van der Waals surface area contributed by atoms with Crippen molar-refractivity contribution in [3.8, 4) is 5.75 Å². The number of amides is 2. The van der Waals surface area contributed by atoms with Gasteiger partial charge in [-0.15, -0.1) is 0 Å². The quantitative estimate of drug-likeness (QED) is 0.711. The molecule has 0 aliphatic heterocycles. The Morgan fingerprint density at radius 2 is 1.75 bits per heavy atom. The lowest BCUT2D eigenvalue weighted by molar-refractivity contribution is 0.0845. The van der Waals surface area contributed by atoms with Crippen LogP contribution in [0, 0.1) is 0 Å². The Kier molecular flexibility index (Phi) is 6.52. The van der Waals surface area contributed by atoms with Crippen LogP contribution >= 0.6 is 23.4 Å². The molecule has 126 valence electrons. The molecule has 2 rings (SSSR count). The van der Waals surface area contributed by atoms with Gasteiger partial charge < -0.3 is 5.11 Å². The van der Waals surface area contributed by atoms with Gasteiger partial charge in [-0.1, -0.05) is 30.7 Å². The number of hydrazine groups is 1. The van der Waals surface area contributed by atoms with Crippen LogP contribution in [-0.4, -0.2) is 22.7 Å². The summed E-state index contributed by atoms with van der Waals surface area (Å²) in [4.78, 5) is 24.0. The third kappa shape index (κ3) is 4.91. The first-order chi connectivity index (χ1) is 11.5. The third-order valence-electron chi connectivity index (χ3n) is 3.18. The maximum atomic E-state index is 12.0. The maximum absolute atomic E-state index is 12.0. The molecule has 0 fully saturated rings. The summed E-state index contributed by atoms with van der Waals surface area (Å²) < 4.78 is 0. The van der Waals surface area contributed by atoms with Crippen LogP contribution in [0.2, 0.25) is 5.02 Å². The lowest BCUT2D eigenvalue weighted by atomic mass is 10.1. The Balaban J connectivity index is 1.95. The molecule has 0 saturated carbocycles. The highest BCUT2D eigenvalue weighted by Gasteiger charge is 2.13. The molecule has 0 radical (unpaired) electrons. The number of phenolic OH excluding ortho intramolecular Hbond substituents is 1. The van der Waals surface area contributed by atoms with Crippen molar-refractivity contribution in [2.45, 2.75) is 12.7 Å². The first kappa shape index (κ1) is 18.2. The van der Waals surface area contributed by atoms with Crippen molar-refractivity contribution in [1.82, 2.24) is 10.9 Å². The first-order valence-electron chi connectivity index (χ1n) is 7.27. The number of phenols is 1. The van der Waals surface area contributed by atoms with Crippen molar-refractivity contribution >= 4 is 35.2 Å². The van der Waals surface area contributed by atoms with Gasteiger partial charge in [0.05, 0.1) is 5.56 Å². The van der Waals surface area contributed by atoms with E-state index in [0.29, 0.717) is 10.6 Å². The lowest BCUT2D eigenvalue weighted by Gasteiger charge is -2.09. The van der Waals surface area contributed by atoms with Crippen molar-refractivity contribution in [3.05, 3.63) is 64.2 Å². The molecule has 0 aromatic heterocycles. The van der Waals surface area contributed by atoms with E-state index in [9.17, 15) is 14.7 Å². The number of rotatable bonds is 5. The van der Waals surface area contributed by atoms with Gasteiger partial charge in [-0.3, -0.25) is 20.4 Å². The lowest BCUT2D eigenvalue weighted by Crippen LogP contribution is -2.41. The van der Waals surface area contributed by atoms with Crippen LogP contribution in [-0.2, 0) is 5.75 Å². The van der Waals surface area contributed by atoms with Gasteiger partial charge in [0.15, 0.2) is 0 Å². The Labute approximate surface area is 149 Å². The van der Waals surface area contributed by atoms with Crippen LogP contribution in [0.15, 0.2) is 42.5 Å². The molecule has 0 aliphatic rings. The minimum Gasteiger partial charge on any atom is -0.507 e. The topological polar surface area (TPSA) is 78.4 Å². The molecular weight excluding hydrogens is 348 g/mol. The SMILES string of the molecule is CCSCc1ccc(C(=O)NNC(=O)c2cc(Cl)ccc2O)cc1. The Morgan fingerprint density at radius 3 is 2.42 bits per heavy atom. The molecule has 24 heavy (non-hydrogen) atoms. The normalized spacial score (nSPS) is 10.2. The second-order valence-electron chi connectivity index (χ2n) is 4.90. The standard InChI is InChI=1S/C17H17ClN2O3S/c1-2-24-10-11-3-5-12(6-4-11)16(22)19-20-17(23)14-9-13(18)7-8-15(14)21/h3-9,21H,2,10H2,1H3,(H,19,22)(H,20,23). The van der Waals surface area contributed by atoms with E-state index in [0.717, 1.165) is 17.1 Å². The van der Waals surface area contributed by atoms with Gasteiger partial charge in [-0.25, -0.2) is 0 Å². The summed E-state index contributed by atoms with van der Waals surface area (Å²) in [5.41, 5.74) is 6.10. The molecule has 0 unspecified atom stereocenters. The molecular formula is C17H17ClN2O3S. The number of carbonyl (C=O) groups excluding carboxylic acids is 2. The maximum Gasteiger partial charge on any atom is 0.273 e. The fourth-order valence-electron chi connectivity index (χ4n) is 1.92. The molecule has 2 aromatic carbocycles. The molecule has 0 saturated heterocycles. The van der Waals surface area contributed by atoms with Gasteiger partial charge in [-0.2, -0.15) is 11.8 Å². The molecule has 0 atom stereocenters. The van der Waals surface area contributed by atoms with E-state index in [1.165, 1.54) is 18.2 Å². The van der Waals surface area contributed by atoms with Gasteiger partial charge in [-0.05, 0) is 41.6 Å². The van der Waals surface area contributed by atoms with Crippen LogP contribution in [0.3, 0.4) is 0 Å². The highest BCUT2D eigenvalue weighted by atomic mass is 35.5. The number of aromatic hydroxyl groups is 1. The average Bonchev–Trinajstić information content (AvgIpc) is 2.60. The summed E-state index contributed by atoms with van der Waals surface area (Å²) in [5.74, 6) is 0.608. The van der Waals surface area contributed by atoms with Gasteiger partial charge in [0.25, 0.3) is 11.8 Å². The van der Waals surface area contributed by atoms with Crippen LogP contribution < -0.4 is 10.9 Å². The van der Waals surface area contributed by atoms with Crippen molar-refractivity contribution in [1.29, 1.82) is 0 Å². The number of nitrogens with one attached hydrogen (secondary N) is 2. The van der Waals surface area contributed by atoms with E-state index in [1.807, 2.05) is 12.1 Å². The summed E-state index contributed by atoms with van der Waals surface area (Å²) in [6, 6.07) is 11.2. The second-order valence-corrected chi connectivity index (χ2v) is 6.61. The van der Waals surface area contributed by atoms with Crippen LogP contribution in [0.5, 0.6) is 5.75 Å². The monoisotopic (exact) mass is 364 g/mol. The molecule has 2 aromatic rings. The Hall–Kier alpha value is -2.18. The zero-order valence-electron chi connectivity index (χ0n) is 13.0. The summed E-state index contributed by atoms with van der Waals surface area (Å²) in [6.45, 7) is 2.09. The van der Waals surface area contributed by atoms with Gasteiger partial charge >= 0.3 is 0 Å². The summed E-state index contributed by atoms with van der Waals surface area (Å²) >= 11 is 7.59. The molecule has 0 aliphatic carbocycles. The van der Waals surface area contributed by atoms with Gasteiger partial charge in [0, 0.05) is 16.3 Å². The zero-order chi connectivity index (χ0) is 17.5. The largest absolute Gasteiger partial charge is 0.507 e. The highest BCUT2D eigenvalue weighted by molar-refractivity contribution is 7.98. The minimum absolute atomic E-state index is 0.0188. The summed E-state index contributed by atoms with van der Waals surface area (Å²) in [5, 5.41) is 9.96. The Bertz CT molecular complexity index is 735. The predicted molar refractivity (Wildman–Crippen MR) is 96.3 cm³/mol. The zero-order valence-corrected chi connectivity index (χ0v) is 14.6. The number of halogens is 1. The highest BCUT2D eigenvalue weighted by Crippen LogP contribution is 2.21. The van der Waals surface area contributed by atoms with Crippen LogP contribution in [0.25, 0.3) is 0 Å². The first-order valence-corrected chi connectivity index (χ1v) is 8.80. The molecule has 0 spiro atoms. The predicted octanol–water partition coefficient (Wildman–Crippen LogP) is 3.37. The molecule has 7 heteroatoms. The third-order valence-corrected chi connectivity index (χ3v) is 4.36. The molecule has 5 nitrogen and oxygen atoms in total. The fraction of sp³-hybridized carbons (Fsp3) is 0.176. The van der Waals surface area contributed by atoms with Crippen molar-refractivity contribution < 1.29 is 14.7 Å². The van der Waals surface area contributed by atoms with E-state index in [-0.39, 0.29) is 11.3 Å². The van der Waals surface area contributed by atoms with Crippen molar-refractivity contribution in [2.75, 3.05) is 5.75 Å². The number of thioether (sulfide) groups is 1. The average molecular weight is 365 g/mol. The van der Waals surface area contributed by atoms with E-state index in [2.05, 4.69) is 17.8 Å². The number of hydrogen-bond acceptors (Lipinski definition) is 4. The van der Waals surface area contributed by atoms with E-state index >= 15 is 0 Å². The van der Waals surface area contributed by atoms with E-state index < -0.39 is 11.8 Å². The van der Waals surface area contributed by atoms with E-state index in [1.54, 1.807) is 23.9 Å². The van der Waals surface area contributed by atoms with Crippen LogP contribution in [0.1, 0.15) is 33.2 Å². The fourth-order valence-corrected chi connectivity index (χ4v) is 2.72. The minimum atomic E-state index is -0.653. The Morgan fingerprint density at radius 1 is 1.08 bits per heavy atom. The number of benzene rings is 2. The molecule has 0 bridgehead atoms. The van der Waals surface area contributed by atoms with E-state index in [4.69, 9.17) is 11.6 Å². The molecule has 0 heterocycles. The summed E-state index contributed by atoms with van der Waals surface area (Å²) in [7, 11) is 0.